The van der Waals surface area contributed by atoms with Gasteiger partial charge in [-0.05, 0) is 11.6 Å². The average Bonchev–Trinajstić information content (AvgIpc) is 2.09. The van der Waals surface area contributed by atoms with E-state index in [9.17, 15) is 8.78 Å². The molecule has 0 radical (unpaired) electrons. The third kappa shape index (κ3) is 2.27. The maximum atomic E-state index is 12.2. The van der Waals surface area contributed by atoms with Crippen LogP contribution in [0.3, 0.4) is 0 Å². The van der Waals surface area contributed by atoms with Gasteiger partial charge in [-0.3, -0.25) is 0 Å². The number of aromatic nitrogens is 1. The van der Waals surface area contributed by atoms with Gasteiger partial charge >= 0.3 is 0 Å². The molecule has 1 rings (SSSR count). The lowest BCUT2D eigenvalue weighted by Crippen LogP contribution is -2.01. The van der Waals surface area contributed by atoms with Crippen LogP contribution in [0.25, 0.3) is 0 Å². The maximum Gasteiger partial charge on any atom is 0.280 e. The topological polar surface area (TPSA) is 38.9 Å². The summed E-state index contributed by atoms with van der Waals surface area (Å²) in [5.41, 5.74) is 5.24. The summed E-state index contributed by atoms with van der Waals surface area (Å²) >= 11 is 11.2. The first-order valence-electron chi connectivity index (χ1n) is 3.39. The number of nitrogens with two attached hydrogens (primary N) is 1. The van der Waals surface area contributed by atoms with E-state index in [0.717, 1.165) is 6.07 Å². The molecule has 0 bridgehead atoms. The summed E-state index contributed by atoms with van der Waals surface area (Å²) < 4.78 is 24.4. The lowest BCUT2D eigenvalue weighted by Gasteiger charge is -2.05. The van der Waals surface area contributed by atoms with Gasteiger partial charge < -0.3 is 5.73 Å². The van der Waals surface area contributed by atoms with Crippen molar-refractivity contribution >= 4 is 23.2 Å². The van der Waals surface area contributed by atoms with Crippen molar-refractivity contribution in [1.82, 2.24) is 4.98 Å². The van der Waals surface area contributed by atoms with Gasteiger partial charge in [0.05, 0.1) is 5.02 Å². The number of alkyl halides is 2. The summed E-state index contributed by atoms with van der Waals surface area (Å²) in [6.45, 7) is 0.0563. The summed E-state index contributed by atoms with van der Waals surface area (Å²) in [4.78, 5) is 3.41. The standard InChI is InChI=1S/C7H6Cl2F2N2/c8-5-3(2-12)1-4(7(10)11)13-6(5)9/h1,7H,2,12H2. The Kier molecular flexibility index (Phi) is 3.41. The van der Waals surface area contributed by atoms with Crippen LogP contribution in [-0.2, 0) is 6.54 Å². The van der Waals surface area contributed by atoms with Crippen molar-refractivity contribution in [2.45, 2.75) is 13.0 Å². The Hall–Kier alpha value is -0.450. The minimum atomic E-state index is -2.67. The van der Waals surface area contributed by atoms with Crippen LogP contribution in [0, 0.1) is 0 Å². The average molecular weight is 227 g/mol. The Balaban J connectivity index is 3.22. The first-order chi connectivity index (χ1) is 6.06. The monoisotopic (exact) mass is 226 g/mol. The lowest BCUT2D eigenvalue weighted by molar-refractivity contribution is 0.146. The molecule has 0 saturated heterocycles. The Labute approximate surface area is 83.7 Å². The maximum absolute atomic E-state index is 12.2. The Bertz CT molecular complexity index is 318. The van der Waals surface area contributed by atoms with Crippen molar-refractivity contribution in [3.63, 3.8) is 0 Å². The SMILES string of the molecule is NCc1cc(C(F)F)nc(Cl)c1Cl. The van der Waals surface area contributed by atoms with Crippen molar-refractivity contribution in [2.75, 3.05) is 0 Å². The zero-order valence-corrected chi connectivity index (χ0v) is 7.91. The van der Waals surface area contributed by atoms with E-state index in [1.807, 2.05) is 0 Å². The van der Waals surface area contributed by atoms with E-state index in [2.05, 4.69) is 4.98 Å². The van der Waals surface area contributed by atoms with Crippen LogP contribution in [0.15, 0.2) is 6.07 Å². The number of nitrogens with zero attached hydrogens (tertiary/aromatic N) is 1. The molecule has 13 heavy (non-hydrogen) atoms. The van der Waals surface area contributed by atoms with Gasteiger partial charge in [0.1, 0.15) is 10.8 Å². The van der Waals surface area contributed by atoms with Crippen molar-refractivity contribution < 1.29 is 8.78 Å². The van der Waals surface area contributed by atoms with E-state index >= 15 is 0 Å². The van der Waals surface area contributed by atoms with Gasteiger partial charge in [-0.2, -0.15) is 0 Å². The summed E-state index contributed by atoms with van der Waals surface area (Å²) in [5.74, 6) is 0. The fourth-order valence-electron chi connectivity index (χ4n) is 0.829. The van der Waals surface area contributed by atoms with Gasteiger partial charge in [0, 0.05) is 6.54 Å². The number of pyridine rings is 1. The molecule has 6 heteroatoms. The van der Waals surface area contributed by atoms with Gasteiger partial charge in [0.2, 0.25) is 0 Å². The molecular formula is C7H6Cl2F2N2. The summed E-state index contributed by atoms with van der Waals surface area (Å²) in [6, 6.07) is 1.15. The molecule has 0 aliphatic rings. The summed E-state index contributed by atoms with van der Waals surface area (Å²) in [5, 5.41) is -0.00603. The molecule has 2 N–H and O–H groups in total. The zero-order chi connectivity index (χ0) is 10.0. The third-order valence-electron chi connectivity index (χ3n) is 1.46. The zero-order valence-electron chi connectivity index (χ0n) is 6.40. The lowest BCUT2D eigenvalue weighted by atomic mass is 10.2. The second-order valence-corrected chi connectivity index (χ2v) is 3.05. The van der Waals surface area contributed by atoms with Gasteiger partial charge in [0.15, 0.2) is 0 Å². The van der Waals surface area contributed by atoms with Crippen molar-refractivity contribution in [2.24, 2.45) is 5.73 Å². The molecule has 1 aromatic heterocycles. The fourth-order valence-corrected chi connectivity index (χ4v) is 1.22. The minimum absolute atomic E-state index is 0.0563. The molecule has 1 heterocycles. The van der Waals surface area contributed by atoms with Gasteiger partial charge in [-0.15, -0.1) is 0 Å². The van der Waals surface area contributed by atoms with E-state index < -0.39 is 12.1 Å². The van der Waals surface area contributed by atoms with Crippen molar-refractivity contribution in [1.29, 1.82) is 0 Å². The molecule has 0 aromatic carbocycles. The highest BCUT2D eigenvalue weighted by Gasteiger charge is 2.14. The van der Waals surface area contributed by atoms with Gasteiger partial charge in [0.25, 0.3) is 6.43 Å². The molecule has 0 unspecified atom stereocenters. The van der Waals surface area contributed by atoms with E-state index in [0.29, 0.717) is 5.56 Å². The van der Waals surface area contributed by atoms with Crippen molar-refractivity contribution in [3.8, 4) is 0 Å². The first-order valence-corrected chi connectivity index (χ1v) is 4.15. The summed E-state index contributed by atoms with van der Waals surface area (Å²) in [7, 11) is 0. The van der Waals surface area contributed by atoms with Crippen LogP contribution < -0.4 is 5.73 Å². The fraction of sp³-hybridized carbons (Fsp3) is 0.286. The molecule has 0 spiro atoms. The smallest absolute Gasteiger partial charge is 0.280 e. The van der Waals surface area contributed by atoms with Crippen LogP contribution in [0.1, 0.15) is 17.7 Å². The number of halogens is 4. The molecule has 1 aromatic rings. The van der Waals surface area contributed by atoms with Crippen LogP contribution in [0.5, 0.6) is 0 Å². The first kappa shape index (κ1) is 10.6. The number of rotatable bonds is 2. The molecule has 72 valence electrons. The highest BCUT2D eigenvalue weighted by Crippen LogP contribution is 2.28. The highest BCUT2D eigenvalue weighted by molar-refractivity contribution is 6.41. The predicted molar refractivity (Wildman–Crippen MR) is 47.1 cm³/mol. The van der Waals surface area contributed by atoms with E-state index in [4.69, 9.17) is 28.9 Å². The second kappa shape index (κ2) is 4.17. The predicted octanol–water partition coefficient (Wildman–Crippen LogP) is 2.78. The Morgan fingerprint density at radius 1 is 1.46 bits per heavy atom. The molecule has 0 atom stereocenters. The molecule has 0 fully saturated rings. The third-order valence-corrected chi connectivity index (χ3v) is 2.25. The normalized spacial score (nSPS) is 10.9. The van der Waals surface area contributed by atoms with Gasteiger partial charge in [-0.1, -0.05) is 23.2 Å². The quantitative estimate of drug-likeness (QED) is 0.789. The Morgan fingerprint density at radius 3 is 2.54 bits per heavy atom. The molecule has 0 amide bonds. The minimum Gasteiger partial charge on any atom is -0.326 e. The van der Waals surface area contributed by atoms with E-state index in [-0.39, 0.29) is 16.7 Å². The molecular weight excluding hydrogens is 221 g/mol. The second-order valence-electron chi connectivity index (χ2n) is 2.32. The van der Waals surface area contributed by atoms with Gasteiger partial charge in [-0.25, -0.2) is 13.8 Å². The molecule has 0 aliphatic carbocycles. The Morgan fingerprint density at radius 2 is 2.08 bits per heavy atom. The number of hydrogen-bond acceptors (Lipinski definition) is 2. The largest absolute Gasteiger partial charge is 0.326 e. The highest BCUT2D eigenvalue weighted by atomic mass is 35.5. The van der Waals surface area contributed by atoms with Crippen LogP contribution in [0.2, 0.25) is 10.2 Å². The molecule has 0 saturated carbocycles. The molecule has 2 nitrogen and oxygen atoms in total. The van der Waals surface area contributed by atoms with E-state index in [1.165, 1.54) is 0 Å². The summed E-state index contributed by atoms with van der Waals surface area (Å²) in [6.07, 6.45) is -2.67. The van der Waals surface area contributed by atoms with Crippen molar-refractivity contribution in [3.05, 3.63) is 27.5 Å². The van der Waals surface area contributed by atoms with Crippen LogP contribution in [0.4, 0.5) is 8.78 Å². The molecule has 0 aliphatic heterocycles. The van der Waals surface area contributed by atoms with Crippen LogP contribution in [-0.4, -0.2) is 4.98 Å². The van der Waals surface area contributed by atoms with Crippen LogP contribution >= 0.6 is 23.2 Å². The number of hydrogen-bond donors (Lipinski definition) is 1. The van der Waals surface area contributed by atoms with E-state index in [1.54, 1.807) is 0 Å².